The van der Waals surface area contributed by atoms with Crippen molar-refractivity contribution in [1.82, 2.24) is 5.32 Å². The molecule has 2 N–H and O–H groups in total. The maximum Gasteiger partial charge on any atom is 0.472 e. The Morgan fingerprint density at radius 2 is 0.955 bits per heavy atom. The summed E-state index contributed by atoms with van der Waals surface area (Å²) >= 11 is 0. The van der Waals surface area contributed by atoms with Gasteiger partial charge in [-0.1, -0.05) is 235 Å². The smallest absolute Gasteiger partial charge is 0.456 e. The predicted octanol–water partition coefficient (Wildman–Crippen LogP) is 15.9. The Morgan fingerprint density at radius 1 is 0.537 bits per heavy atom. The lowest BCUT2D eigenvalue weighted by Crippen LogP contribution is -2.47. The molecule has 1 amide bonds. The molecule has 0 heterocycles. The zero-order valence-corrected chi connectivity index (χ0v) is 44.8. The molecule has 3 unspecified atom stereocenters. The first-order valence-corrected chi connectivity index (χ1v) is 28.5. The van der Waals surface area contributed by atoms with Crippen LogP contribution in [-0.4, -0.2) is 74.3 Å². The van der Waals surface area contributed by atoms with Crippen LogP contribution < -0.4 is 5.32 Å². The van der Waals surface area contributed by atoms with Gasteiger partial charge in [0.2, 0.25) is 5.91 Å². The molecule has 0 fully saturated rings. The molecule has 0 saturated heterocycles. The molecule has 0 aliphatic carbocycles. The zero-order chi connectivity index (χ0) is 49.4. The number of amides is 1. The van der Waals surface area contributed by atoms with E-state index < -0.39 is 20.0 Å². The van der Waals surface area contributed by atoms with Gasteiger partial charge in [0.15, 0.2) is 0 Å². The Kier molecular flexibility index (Phi) is 44.9. The van der Waals surface area contributed by atoms with E-state index in [9.17, 15) is 19.0 Å². The fourth-order valence-corrected chi connectivity index (χ4v) is 8.06. The minimum Gasteiger partial charge on any atom is -0.456 e. The van der Waals surface area contributed by atoms with E-state index in [-0.39, 0.29) is 31.5 Å². The van der Waals surface area contributed by atoms with Gasteiger partial charge in [0.25, 0.3) is 0 Å². The van der Waals surface area contributed by atoms with Crippen LogP contribution in [0.3, 0.4) is 0 Å². The molecule has 0 aromatic heterocycles. The Hall–Kier alpha value is -2.81. The van der Waals surface area contributed by atoms with Gasteiger partial charge in [-0.3, -0.25) is 18.6 Å². The van der Waals surface area contributed by atoms with Crippen LogP contribution in [0.2, 0.25) is 0 Å². The first-order valence-electron chi connectivity index (χ1n) is 27.0. The summed E-state index contributed by atoms with van der Waals surface area (Å²) in [6, 6.07) is -0.867. The van der Waals surface area contributed by atoms with Gasteiger partial charge in [-0.15, -0.1) is 0 Å². The third kappa shape index (κ3) is 48.0. The quantitative estimate of drug-likeness (QED) is 0.0156. The maximum absolute atomic E-state index is 13.4. The largest absolute Gasteiger partial charge is 0.472 e. The van der Waals surface area contributed by atoms with Crippen LogP contribution in [-0.2, 0) is 27.9 Å². The number of ether oxygens (including phenoxy) is 1. The maximum atomic E-state index is 13.4. The zero-order valence-electron chi connectivity index (χ0n) is 43.9. The summed E-state index contributed by atoms with van der Waals surface area (Å²) in [6.07, 6.45) is 60.0. The molecule has 0 aliphatic heterocycles. The number of phosphoric ester groups is 1. The fraction of sp³-hybridized carbons (Fsp3) is 0.719. The number of nitrogens with one attached hydrogen (secondary N) is 1. The van der Waals surface area contributed by atoms with E-state index in [0.717, 1.165) is 64.2 Å². The van der Waals surface area contributed by atoms with Crippen molar-refractivity contribution < 1.29 is 37.3 Å². The third-order valence-electron chi connectivity index (χ3n) is 11.5. The summed E-state index contributed by atoms with van der Waals surface area (Å²) in [5.41, 5.74) is 0. The van der Waals surface area contributed by atoms with Crippen LogP contribution in [0.1, 0.15) is 213 Å². The lowest BCUT2D eigenvalue weighted by atomic mass is 10.0. The van der Waals surface area contributed by atoms with Crippen molar-refractivity contribution in [1.29, 1.82) is 0 Å². The number of carbonyl (C=O) groups is 2. The summed E-state index contributed by atoms with van der Waals surface area (Å²) < 4.78 is 30.5. The second kappa shape index (κ2) is 46.9. The predicted molar refractivity (Wildman–Crippen MR) is 286 cm³/mol. The highest BCUT2D eigenvalue weighted by Crippen LogP contribution is 2.43. The van der Waals surface area contributed by atoms with Crippen LogP contribution in [0.25, 0.3) is 0 Å². The Bertz CT molecular complexity index is 1430. The van der Waals surface area contributed by atoms with Gasteiger partial charge >= 0.3 is 13.8 Å². The molecule has 9 nitrogen and oxygen atoms in total. The van der Waals surface area contributed by atoms with Crippen molar-refractivity contribution in [2.45, 2.75) is 226 Å². The van der Waals surface area contributed by atoms with E-state index >= 15 is 0 Å². The van der Waals surface area contributed by atoms with Crippen LogP contribution in [0.5, 0.6) is 0 Å². The molecule has 386 valence electrons. The Labute approximate surface area is 412 Å². The first kappa shape index (κ1) is 64.2. The molecule has 3 atom stereocenters. The molecule has 0 aliphatic rings. The molecule has 0 saturated carbocycles. The van der Waals surface area contributed by atoms with Crippen molar-refractivity contribution in [2.75, 3.05) is 40.9 Å². The molecule has 0 spiro atoms. The summed E-state index contributed by atoms with van der Waals surface area (Å²) in [4.78, 5) is 37.4. The van der Waals surface area contributed by atoms with Crippen molar-refractivity contribution >= 4 is 19.7 Å². The number of quaternary nitrogens is 1. The topological polar surface area (TPSA) is 111 Å². The number of phosphoric acid groups is 1. The number of likely N-dealkylation sites (N-methyl/N-ethyl adjacent to an activating group) is 1. The van der Waals surface area contributed by atoms with Gasteiger partial charge < -0.3 is 19.4 Å². The van der Waals surface area contributed by atoms with E-state index in [1.54, 1.807) is 0 Å². The highest BCUT2D eigenvalue weighted by Gasteiger charge is 2.30. The minimum atomic E-state index is -4.45. The lowest BCUT2D eigenvalue weighted by molar-refractivity contribution is -0.870. The molecule has 0 aromatic carbocycles. The molecule has 0 bridgehead atoms. The van der Waals surface area contributed by atoms with Gasteiger partial charge in [-0.25, -0.2) is 4.57 Å². The van der Waals surface area contributed by atoms with Crippen LogP contribution in [0.15, 0.2) is 85.1 Å². The molecule has 10 heteroatoms. The van der Waals surface area contributed by atoms with E-state index in [4.69, 9.17) is 13.8 Å². The van der Waals surface area contributed by atoms with E-state index in [2.05, 4.69) is 38.2 Å². The number of rotatable bonds is 47. The molecular weight excluding hydrogens is 856 g/mol. The van der Waals surface area contributed by atoms with E-state index in [1.165, 1.54) is 109 Å². The fourth-order valence-electron chi connectivity index (χ4n) is 7.32. The number of allylic oxidation sites excluding steroid dienone is 13. The standard InChI is InChI=1S/C57H101N2O7P/c1-7-10-13-16-19-22-25-27-28-29-30-32-35-38-41-44-47-50-57(61)66-55(48-45-42-39-36-34-31-26-23-20-17-14-11-8-2)54(53-65-67(62,63)64-52-51-59(4,5)6)58-56(60)49-46-43-40-37-33-24-21-18-15-12-9-3/h10,13,16,19,22,25,27-30,32,35,45,48,54-55H,7-9,11-12,14-15,17-18,20-21,23-24,26,31,33-34,36-44,46-47,49-53H2,1-6H3,(H-,58,60,62,63)/p+1/b13-10-,19-16+,25-22+,28-27-,30-29+,35-32+,48-45-. The Morgan fingerprint density at radius 3 is 1.45 bits per heavy atom. The van der Waals surface area contributed by atoms with Crippen LogP contribution in [0, 0.1) is 0 Å². The van der Waals surface area contributed by atoms with Crippen molar-refractivity contribution in [3.05, 3.63) is 85.1 Å². The highest BCUT2D eigenvalue weighted by molar-refractivity contribution is 7.47. The normalized spacial score (nSPS) is 14.6. The summed E-state index contributed by atoms with van der Waals surface area (Å²) in [5.74, 6) is -0.560. The molecular formula is C57H102N2O7P+. The number of hydrogen-bond acceptors (Lipinski definition) is 6. The molecule has 0 rings (SSSR count). The molecule has 0 radical (unpaired) electrons. The van der Waals surface area contributed by atoms with E-state index in [0.29, 0.717) is 23.9 Å². The second-order valence-corrected chi connectivity index (χ2v) is 20.6. The van der Waals surface area contributed by atoms with Gasteiger partial charge in [0.05, 0.1) is 33.8 Å². The number of hydrogen-bond donors (Lipinski definition) is 2. The number of unbranched alkanes of at least 4 members (excludes halogenated alkanes) is 24. The Balaban J connectivity index is 5.51. The van der Waals surface area contributed by atoms with E-state index in [1.807, 2.05) is 94.1 Å². The minimum absolute atomic E-state index is 0.0298. The summed E-state index contributed by atoms with van der Waals surface area (Å²) in [7, 11) is 1.46. The average molecular weight is 958 g/mol. The van der Waals surface area contributed by atoms with Crippen LogP contribution in [0.4, 0.5) is 0 Å². The van der Waals surface area contributed by atoms with Crippen LogP contribution >= 0.6 is 7.82 Å². The van der Waals surface area contributed by atoms with Gasteiger partial charge in [0.1, 0.15) is 19.3 Å². The van der Waals surface area contributed by atoms with Gasteiger partial charge in [0, 0.05) is 12.8 Å². The third-order valence-corrected chi connectivity index (χ3v) is 12.5. The van der Waals surface area contributed by atoms with Gasteiger partial charge in [-0.05, 0) is 51.0 Å². The van der Waals surface area contributed by atoms with Gasteiger partial charge in [-0.2, -0.15) is 0 Å². The second-order valence-electron chi connectivity index (χ2n) is 19.2. The molecule has 0 aromatic rings. The van der Waals surface area contributed by atoms with Crippen molar-refractivity contribution in [3.63, 3.8) is 0 Å². The monoisotopic (exact) mass is 958 g/mol. The van der Waals surface area contributed by atoms with Crippen molar-refractivity contribution in [3.8, 4) is 0 Å². The highest BCUT2D eigenvalue weighted by atomic mass is 31.2. The average Bonchev–Trinajstić information content (AvgIpc) is 3.28. The first-order chi connectivity index (χ1) is 32.4. The SMILES string of the molecule is CC\C=C/C=C/C=C/C=C\C=C\C=C\CCCCCC(=O)OC(/C=C\CCCCCCCCCCCCC)C(COP(=O)(O)OCC[N+](C)(C)C)NC(=O)CCCCCCCCCCCCC. The number of nitrogens with zero attached hydrogens (tertiary/aromatic N) is 1. The summed E-state index contributed by atoms with van der Waals surface area (Å²) in [6.45, 7) is 6.81. The number of esters is 1. The lowest BCUT2D eigenvalue weighted by Gasteiger charge is -2.27. The summed E-state index contributed by atoms with van der Waals surface area (Å²) in [5, 5.41) is 3.02. The van der Waals surface area contributed by atoms with Crippen molar-refractivity contribution in [2.24, 2.45) is 0 Å². The molecule has 67 heavy (non-hydrogen) atoms. The number of carbonyl (C=O) groups excluding carboxylic acids is 2.